The summed E-state index contributed by atoms with van der Waals surface area (Å²) in [4.78, 5) is 30.4. The van der Waals surface area contributed by atoms with Crippen molar-refractivity contribution in [1.29, 1.82) is 0 Å². The number of nitrogens with one attached hydrogen (secondary N) is 2. The van der Waals surface area contributed by atoms with Crippen LogP contribution in [-0.2, 0) is 0 Å². The minimum Gasteiger partial charge on any atom is -0.383 e. The quantitative estimate of drug-likeness (QED) is 0.812. The first kappa shape index (κ1) is 16.4. The van der Waals surface area contributed by atoms with Crippen LogP contribution in [0.1, 0.15) is 23.3 Å². The van der Waals surface area contributed by atoms with Gasteiger partial charge < -0.3 is 15.5 Å². The second-order valence-corrected chi connectivity index (χ2v) is 5.80. The summed E-state index contributed by atoms with van der Waals surface area (Å²) in [5.41, 5.74) is 1.06. The van der Waals surface area contributed by atoms with Gasteiger partial charge in [0.25, 0.3) is 5.91 Å². The summed E-state index contributed by atoms with van der Waals surface area (Å²) in [5.74, 6) is 0.596. The Hall–Kier alpha value is -2.48. The van der Waals surface area contributed by atoms with E-state index in [-0.39, 0.29) is 11.9 Å². The first-order chi connectivity index (χ1) is 11.7. The van der Waals surface area contributed by atoms with E-state index in [0.717, 1.165) is 12.8 Å². The number of carbonyl (C=O) groups excluding carboxylic acids is 1. The fourth-order valence-electron chi connectivity index (χ4n) is 2.69. The smallest absolute Gasteiger partial charge is 0.274 e. The Balaban J connectivity index is 1.60. The Bertz CT molecular complexity index is 704. The van der Waals surface area contributed by atoms with E-state index in [1.54, 1.807) is 18.1 Å². The molecule has 1 amide bonds. The number of amides is 1. The molecular formula is C15H18ClN7O. The van der Waals surface area contributed by atoms with Crippen molar-refractivity contribution in [2.75, 3.05) is 30.8 Å². The molecule has 1 aliphatic heterocycles. The highest BCUT2D eigenvalue weighted by Crippen LogP contribution is 2.27. The molecule has 0 saturated carbocycles. The molecule has 3 rings (SSSR count). The highest BCUT2D eigenvalue weighted by Gasteiger charge is 2.25. The molecule has 2 aromatic heterocycles. The SMILES string of the molecule is CNc1c(Cl)ncnc1NC1CCN(C(=O)c2cnccn2)CC1. The molecule has 0 bridgehead atoms. The number of anilines is 2. The predicted molar refractivity (Wildman–Crippen MR) is 91.2 cm³/mol. The van der Waals surface area contributed by atoms with E-state index in [4.69, 9.17) is 11.6 Å². The molecule has 24 heavy (non-hydrogen) atoms. The van der Waals surface area contributed by atoms with E-state index in [0.29, 0.717) is 35.4 Å². The summed E-state index contributed by atoms with van der Waals surface area (Å²) in [6, 6.07) is 0.217. The second-order valence-electron chi connectivity index (χ2n) is 5.44. The first-order valence-electron chi connectivity index (χ1n) is 7.69. The van der Waals surface area contributed by atoms with Crippen molar-refractivity contribution in [1.82, 2.24) is 24.8 Å². The van der Waals surface area contributed by atoms with Gasteiger partial charge in [0.1, 0.15) is 17.7 Å². The lowest BCUT2D eigenvalue weighted by Crippen LogP contribution is -2.42. The number of hydrogen-bond acceptors (Lipinski definition) is 7. The molecule has 1 saturated heterocycles. The lowest BCUT2D eigenvalue weighted by Gasteiger charge is -2.32. The van der Waals surface area contributed by atoms with Gasteiger partial charge in [-0.15, -0.1) is 0 Å². The van der Waals surface area contributed by atoms with Gasteiger partial charge in [0.2, 0.25) is 0 Å². The van der Waals surface area contributed by atoms with Crippen molar-refractivity contribution >= 4 is 29.0 Å². The minimum absolute atomic E-state index is 0.0810. The van der Waals surface area contributed by atoms with Crippen LogP contribution in [0.25, 0.3) is 0 Å². The van der Waals surface area contributed by atoms with Crippen molar-refractivity contribution < 1.29 is 4.79 Å². The maximum absolute atomic E-state index is 12.4. The van der Waals surface area contributed by atoms with Crippen LogP contribution >= 0.6 is 11.6 Å². The zero-order valence-electron chi connectivity index (χ0n) is 13.2. The highest BCUT2D eigenvalue weighted by molar-refractivity contribution is 6.32. The van der Waals surface area contributed by atoms with Crippen molar-refractivity contribution in [2.24, 2.45) is 0 Å². The number of nitrogens with zero attached hydrogens (tertiary/aromatic N) is 5. The monoisotopic (exact) mass is 347 g/mol. The van der Waals surface area contributed by atoms with Gasteiger partial charge in [-0.05, 0) is 12.8 Å². The number of hydrogen-bond donors (Lipinski definition) is 2. The number of aromatic nitrogens is 4. The maximum Gasteiger partial charge on any atom is 0.274 e. The van der Waals surface area contributed by atoms with E-state index >= 15 is 0 Å². The number of rotatable bonds is 4. The number of piperidine rings is 1. The van der Waals surface area contributed by atoms with E-state index in [1.807, 2.05) is 0 Å². The average Bonchev–Trinajstić information content (AvgIpc) is 2.63. The fraction of sp³-hybridized carbons (Fsp3) is 0.400. The average molecular weight is 348 g/mol. The lowest BCUT2D eigenvalue weighted by molar-refractivity contribution is 0.0712. The van der Waals surface area contributed by atoms with Gasteiger partial charge in [-0.2, -0.15) is 0 Å². The zero-order valence-corrected chi connectivity index (χ0v) is 14.0. The summed E-state index contributed by atoms with van der Waals surface area (Å²) < 4.78 is 0. The topological polar surface area (TPSA) is 95.9 Å². The van der Waals surface area contributed by atoms with Crippen LogP contribution in [0, 0.1) is 0 Å². The Morgan fingerprint density at radius 1 is 1.25 bits per heavy atom. The minimum atomic E-state index is -0.0810. The summed E-state index contributed by atoms with van der Waals surface area (Å²) in [7, 11) is 1.78. The van der Waals surface area contributed by atoms with Crippen LogP contribution in [0.15, 0.2) is 24.9 Å². The molecular weight excluding hydrogens is 330 g/mol. The van der Waals surface area contributed by atoms with Gasteiger partial charge in [0.05, 0.1) is 6.20 Å². The molecule has 126 valence electrons. The van der Waals surface area contributed by atoms with Crippen LogP contribution in [0.5, 0.6) is 0 Å². The molecule has 2 aromatic rings. The lowest BCUT2D eigenvalue weighted by atomic mass is 10.0. The molecule has 0 atom stereocenters. The molecule has 3 heterocycles. The van der Waals surface area contributed by atoms with Crippen molar-refractivity contribution in [3.63, 3.8) is 0 Å². The predicted octanol–water partition coefficient (Wildman–Crippen LogP) is 1.68. The Kier molecular flexibility index (Phi) is 5.05. The van der Waals surface area contributed by atoms with Crippen molar-refractivity contribution in [3.8, 4) is 0 Å². The highest BCUT2D eigenvalue weighted by atomic mass is 35.5. The molecule has 0 radical (unpaired) electrons. The van der Waals surface area contributed by atoms with Crippen LogP contribution in [0.4, 0.5) is 11.5 Å². The second kappa shape index (κ2) is 7.39. The number of likely N-dealkylation sites (tertiary alicyclic amines) is 1. The third-order valence-electron chi connectivity index (χ3n) is 3.96. The van der Waals surface area contributed by atoms with Crippen LogP contribution < -0.4 is 10.6 Å². The van der Waals surface area contributed by atoms with Gasteiger partial charge >= 0.3 is 0 Å². The van der Waals surface area contributed by atoms with Gasteiger partial charge in [-0.1, -0.05) is 11.6 Å². The largest absolute Gasteiger partial charge is 0.383 e. The molecule has 0 unspecified atom stereocenters. The number of halogens is 1. The van der Waals surface area contributed by atoms with E-state index in [9.17, 15) is 4.79 Å². The molecule has 0 spiro atoms. The Morgan fingerprint density at radius 3 is 2.71 bits per heavy atom. The van der Waals surface area contributed by atoms with Crippen LogP contribution in [-0.4, -0.2) is 56.9 Å². The van der Waals surface area contributed by atoms with E-state index in [2.05, 4.69) is 30.6 Å². The van der Waals surface area contributed by atoms with Crippen LogP contribution in [0.2, 0.25) is 5.15 Å². The summed E-state index contributed by atoms with van der Waals surface area (Å²) >= 11 is 6.06. The summed E-state index contributed by atoms with van der Waals surface area (Å²) in [6.07, 6.45) is 7.64. The molecule has 1 fully saturated rings. The van der Waals surface area contributed by atoms with Gasteiger partial charge in [0.15, 0.2) is 11.0 Å². The Morgan fingerprint density at radius 2 is 2.04 bits per heavy atom. The van der Waals surface area contributed by atoms with Gasteiger partial charge in [0, 0.05) is 38.6 Å². The molecule has 2 N–H and O–H groups in total. The molecule has 0 aromatic carbocycles. The molecule has 1 aliphatic rings. The fourth-order valence-corrected chi connectivity index (χ4v) is 2.91. The van der Waals surface area contributed by atoms with Crippen molar-refractivity contribution in [2.45, 2.75) is 18.9 Å². The third-order valence-corrected chi connectivity index (χ3v) is 4.24. The molecule has 0 aliphatic carbocycles. The standard InChI is InChI=1S/C15H18ClN7O/c1-17-12-13(16)20-9-21-14(12)22-10-2-6-23(7-3-10)15(24)11-8-18-4-5-19-11/h4-5,8-10,17H,2-3,6-7H2,1H3,(H,20,21,22). The zero-order chi connectivity index (χ0) is 16.9. The summed E-state index contributed by atoms with van der Waals surface area (Å²) in [6.45, 7) is 1.31. The van der Waals surface area contributed by atoms with Crippen LogP contribution in [0.3, 0.4) is 0 Å². The summed E-state index contributed by atoms with van der Waals surface area (Å²) in [5, 5.41) is 6.76. The van der Waals surface area contributed by atoms with Crippen molar-refractivity contribution in [3.05, 3.63) is 35.8 Å². The maximum atomic E-state index is 12.4. The Labute approximate surface area is 144 Å². The normalized spacial score (nSPS) is 15.2. The van der Waals surface area contributed by atoms with E-state index < -0.39 is 0 Å². The third kappa shape index (κ3) is 3.53. The number of carbonyl (C=O) groups is 1. The molecule has 9 heteroatoms. The van der Waals surface area contributed by atoms with E-state index in [1.165, 1.54) is 18.7 Å². The van der Waals surface area contributed by atoms with Gasteiger partial charge in [-0.3, -0.25) is 9.78 Å². The van der Waals surface area contributed by atoms with Gasteiger partial charge in [-0.25, -0.2) is 15.0 Å². The first-order valence-corrected chi connectivity index (χ1v) is 8.07. The molecule has 8 nitrogen and oxygen atoms in total.